The Morgan fingerprint density at radius 1 is 1.50 bits per heavy atom. The zero-order valence-corrected chi connectivity index (χ0v) is 13.7. The van der Waals surface area contributed by atoms with Crippen LogP contribution < -0.4 is 0 Å². The monoisotopic (exact) mass is 440 g/mol. The zero-order chi connectivity index (χ0) is 12.2. The molecule has 16 heavy (non-hydrogen) atoms. The molecular formula is C10H15BiO4S. The molecule has 0 unspecified atom stereocenters. The number of rotatable bonds is 3. The van der Waals surface area contributed by atoms with E-state index in [1.807, 2.05) is 13.8 Å². The van der Waals surface area contributed by atoms with Crippen LogP contribution in [0.4, 0.5) is 0 Å². The molecule has 2 bridgehead atoms. The summed E-state index contributed by atoms with van der Waals surface area (Å²) in [6.07, 6.45) is 2.21. The molecule has 0 heterocycles. The van der Waals surface area contributed by atoms with Crippen molar-refractivity contribution >= 4 is 41.1 Å². The van der Waals surface area contributed by atoms with Gasteiger partial charge in [-0.2, -0.15) is 0 Å². The van der Waals surface area contributed by atoms with E-state index >= 15 is 0 Å². The van der Waals surface area contributed by atoms with Gasteiger partial charge in [0.1, 0.15) is 0 Å². The summed E-state index contributed by atoms with van der Waals surface area (Å²) in [5, 5.41) is 0. The molecule has 2 atom stereocenters. The Morgan fingerprint density at radius 2 is 2.12 bits per heavy atom. The van der Waals surface area contributed by atoms with Crippen LogP contribution in [0, 0.1) is 16.7 Å². The fraction of sp³-hybridized carbons (Fsp3) is 0.900. The molecule has 0 amide bonds. The number of Topliss-reactive ketones (excluding diaryl/α,β-unsaturated/α-hetero) is 1. The number of hydrogen-bond acceptors (Lipinski definition) is 4. The van der Waals surface area contributed by atoms with E-state index in [0.717, 1.165) is 6.42 Å². The van der Waals surface area contributed by atoms with Crippen molar-refractivity contribution in [3.05, 3.63) is 0 Å². The Bertz CT molecular complexity index is 428. The molecule has 2 radical (unpaired) electrons. The number of carbonyl (C=O) groups excluding carboxylic acids is 1. The molecule has 0 aromatic heterocycles. The first-order chi connectivity index (χ1) is 7.25. The second kappa shape index (κ2) is 3.73. The van der Waals surface area contributed by atoms with Gasteiger partial charge in [-0.15, -0.1) is 0 Å². The molecule has 2 saturated carbocycles. The molecular weight excluding hydrogens is 425 g/mol. The first-order valence-electron chi connectivity index (χ1n) is 5.34. The molecule has 90 valence electrons. The van der Waals surface area contributed by atoms with Gasteiger partial charge in [-0.1, -0.05) is 0 Å². The fourth-order valence-electron chi connectivity index (χ4n) is 3.44. The number of ketones is 1. The van der Waals surface area contributed by atoms with Gasteiger partial charge >= 0.3 is 112 Å². The van der Waals surface area contributed by atoms with Gasteiger partial charge in [0.05, 0.1) is 0 Å². The Kier molecular flexibility index (Phi) is 3.01. The molecule has 0 spiro atoms. The SMILES string of the molecule is CC1(C)[C@@H]2CC[C@@]1(CS(=O)(=O)[O][Bi])C(=O)C2. The van der Waals surface area contributed by atoms with Crippen molar-refractivity contribution in [3.63, 3.8) is 0 Å². The average molecular weight is 440 g/mol. The molecule has 0 saturated heterocycles. The normalized spacial score (nSPS) is 36.9. The van der Waals surface area contributed by atoms with Crippen LogP contribution in [0.1, 0.15) is 33.1 Å². The number of carbonyl (C=O) groups is 1. The standard InChI is InChI=1S/C10H16O4S.Bi/c1-9(2)7-3-4-10(9,8(11)5-7)6-15(12,13)14;/h7H,3-6H2,1-2H3,(H,12,13,14);/q;+1/p-1/t7-,10-;/m1./s1. The quantitative estimate of drug-likeness (QED) is 0.610. The van der Waals surface area contributed by atoms with E-state index in [0.29, 0.717) is 43.9 Å². The van der Waals surface area contributed by atoms with Crippen molar-refractivity contribution in [2.45, 2.75) is 33.1 Å². The van der Waals surface area contributed by atoms with Crippen molar-refractivity contribution < 1.29 is 15.5 Å². The van der Waals surface area contributed by atoms with Crippen LogP contribution in [0.3, 0.4) is 0 Å². The second-order valence-electron chi connectivity index (χ2n) is 5.44. The minimum absolute atomic E-state index is 0.118. The van der Waals surface area contributed by atoms with Crippen molar-refractivity contribution in [3.8, 4) is 0 Å². The second-order valence-corrected chi connectivity index (χ2v) is 8.73. The van der Waals surface area contributed by atoms with Gasteiger partial charge in [0.2, 0.25) is 0 Å². The van der Waals surface area contributed by atoms with Gasteiger partial charge in [-0.05, 0) is 0 Å². The van der Waals surface area contributed by atoms with E-state index in [-0.39, 0.29) is 17.0 Å². The van der Waals surface area contributed by atoms with Crippen LogP contribution in [0.15, 0.2) is 0 Å². The van der Waals surface area contributed by atoms with Crippen LogP contribution in [-0.4, -0.2) is 45.1 Å². The molecule has 0 aromatic carbocycles. The molecule has 6 heteroatoms. The van der Waals surface area contributed by atoms with Gasteiger partial charge in [0.25, 0.3) is 0 Å². The first-order valence-corrected chi connectivity index (χ1v) is 8.34. The predicted molar refractivity (Wildman–Crippen MR) is 59.2 cm³/mol. The summed E-state index contributed by atoms with van der Waals surface area (Å²) in [6, 6.07) is 0. The Balaban J connectivity index is 2.40. The summed E-state index contributed by atoms with van der Waals surface area (Å²) in [5.74, 6) is 0.341. The Labute approximate surface area is 112 Å². The summed E-state index contributed by atoms with van der Waals surface area (Å²) < 4.78 is 27.9. The number of fused-ring (bicyclic) bond motifs is 2. The molecule has 0 N–H and O–H groups in total. The molecule has 2 aliphatic rings. The molecule has 4 nitrogen and oxygen atoms in total. The van der Waals surface area contributed by atoms with Crippen LogP contribution in [0.25, 0.3) is 0 Å². The molecule has 0 aliphatic heterocycles. The summed E-state index contributed by atoms with van der Waals surface area (Å²) in [4.78, 5) is 12.1. The minimum atomic E-state index is -3.52. The Morgan fingerprint density at radius 3 is 2.50 bits per heavy atom. The van der Waals surface area contributed by atoms with Gasteiger partial charge < -0.3 is 0 Å². The van der Waals surface area contributed by atoms with Gasteiger partial charge in [-0.3, -0.25) is 0 Å². The van der Waals surface area contributed by atoms with Crippen LogP contribution >= 0.6 is 0 Å². The van der Waals surface area contributed by atoms with E-state index in [1.54, 1.807) is 0 Å². The third-order valence-electron chi connectivity index (χ3n) is 4.68. The molecule has 2 aliphatic carbocycles. The van der Waals surface area contributed by atoms with E-state index in [4.69, 9.17) is 0 Å². The van der Waals surface area contributed by atoms with Crippen LogP contribution in [0.2, 0.25) is 0 Å². The van der Waals surface area contributed by atoms with Gasteiger partial charge in [0.15, 0.2) is 0 Å². The van der Waals surface area contributed by atoms with E-state index < -0.39 is 15.5 Å². The predicted octanol–water partition coefficient (Wildman–Crippen LogP) is 0.812. The van der Waals surface area contributed by atoms with E-state index in [1.165, 1.54) is 0 Å². The van der Waals surface area contributed by atoms with E-state index in [2.05, 4.69) is 2.26 Å². The molecule has 2 fully saturated rings. The average Bonchev–Trinajstić information content (AvgIpc) is 2.51. The maximum atomic E-state index is 12.1. The third-order valence-corrected chi connectivity index (χ3v) is 8.40. The van der Waals surface area contributed by atoms with Crippen molar-refractivity contribution in [2.24, 2.45) is 16.7 Å². The topological polar surface area (TPSA) is 60.4 Å². The van der Waals surface area contributed by atoms with E-state index in [9.17, 15) is 13.2 Å². The first kappa shape index (κ1) is 12.9. The summed E-state index contributed by atoms with van der Waals surface area (Å²) in [5.41, 5.74) is -0.884. The summed E-state index contributed by atoms with van der Waals surface area (Å²) in [7, 11) is -3.52. The maximum absolute atomic E-state index is 12.1. The third kappa shape index (κ3) is 1.60. The van der Waals surface area contributed by atoms with Gasteiger partial charge in [0, 0.05) is 0 Å². The van der Waals surface area contributed by atoms with Crippen molar-refractivity contribution in [1.82, 2.24) is 0 Å². The molecule has 2 rings (SSSR count). The van der Waals surface area contributed by atoms with Gasteiger partial charge in [-0.25, -0.2) is 0 Å². The Hall–Kier alpha value is 0.463. The fourth-order valence-corrected chi connectivity index (χ4v) is 5.38. The summed E-state index contributed by atoms with van der Waals surface area (Å²) >= 11 is 0.360. The van der Waals surface area contributed by atoms with Crippen molar-refractivity contribution in [2.75, 3.05) is 5.75 Å². The van der Waals surface area contributed by atoms with Crippen LogP contribution in [-0.2, 0) is 17.2 Å². The number of hydrogen-bond donors (Lipinski definition) is 0. The van der Waals surface area contributed by atoms with Crippen molar-refractivity contribution in [1.29, 1.82) is 0 Å². The zero-order valence-electron chi connectivity index (χ0n) is 9.39. The molecule has 0 aromatic rings. The van der Waals surface area contributed by atoms with Crippen LogP contribution in [0.5, 0.6) is 0 Å². The summed E-state index contributed by atoms with van der Waals surface area (Å²) in [6.45, 7) is 4.05.